The van der Waals surface area contributed by atoms with Crippen molar-refractivity contribution in [3.63, 3.8) is 0 Å². The van der Waals surface area contributed by atoms with Crippen LogP contribution in [0.15, 0.2) is 0 Å². The van der Waals surface area contributed by atoms with Crippen molar-refractivity contribution in [2.45, 2.75) is 39.7 Å². The molecule has 0 N–H and O–H groups in total. The summed E-state index contributed by atoms with van der Waals surface area (Å²) in [6, 6.07) is 0.642. The highest BCUT2D eigenvalue weighted by Crippen LogP contribution is 2.11. The Morgan fingerprint density at radius 3 is 1.83 bits per heavy atom. The molecule has 0 spiro atoms. The van der Waals surface area contributed by atoms with Gasteiger partial charge < -0.3 is 9.80 Å². The van der Waals surface area contributed by atoms with Gasteiger partial charge in [-0.1, -0.05) is 18.9 Å². The van der Waals surface area contributed by atoms with Crippen molar-refractivity contribution < 1.29 is 0 Å². The zero-order valence-electron chi connectivity index (χ0n) is 13.3. The molecule has 0 atom stereocenters. The van der Waals surface area contributed by atoms with Crippen LogP contribution in [0.1, 0.15) is 33.6 Å². The van der Waals surface area contributed by atoms with E-state index in [-0.39, 0.29) is 0 Å². The van der Waals surface area contributed by atoms with Crippen LogP contribution in [0.4, 0.5) is 0 Å². The van der Waals surface area contributed by atoms with Crippen LogP contribution < -0.4 is 0 Å². The molecule has 0 unspecified atom stereocenters. The van der Waals surface area contributed by atoms with Crippen molar-refractivity contribution in [3.8, 4) is 0 Å². The van der Waals surface area contributed by atoms with E-state index in [0.717, 1.165) is 6.54 Å². The van der Waals surface area contributed by atoms with E-state index in [0.29, 0.717) is 6.04 Å². The van der Waals surface area contributed by atoms with Crippen molar-refractivity contribution in [3.05, 3.63) is 0 Å². The van der Waals surface area contributed by atoms with E-state index in [2.05, 4.69) is 55.2 Å². The Morgan fingerprint density at radius 2 is 1.39 bits per heavy atom. The highest BCUT2D eigenvalue weighted by atomic mass is 32.2. The highest BCUT2D eigenvalue weighted by Gasteiger charge is 2.07. The molecule has 0 aliphatic rings. The summed E-state index contributed by atoms with van der Waals surface area (Å²) in [5.74, 6) is 0. The van der Waals surface area contributed by atoms with Crippen LogP contribution in [0.25, 0.3) is 0 Å². The van der Waals surface area contributed by atoms with Crippen molar-refractivity contribution in [1.29, 1.82) is 0 Å². The average Bonchev–Trinajstić information content (AvgIpc) is 2.33. The van der Waals surface area contributed by atoms with E-state index in [9.17, 15) is 0 Å². The molecule has 18 heavy (non-hydrogen) atoms. The Morgan fingerprint density at radius 1 is 0.889 bits per heavy atom. The predicted molar refractivity (Wildman–Crippen MR) is 85.3 cm³/mol. The number of nitrogens with zero attached hydrogens (tertiary/aromatic N) is 3. The second-order valence-corrected chi connectivity index (χ2v) is 6.16. The van der Waals surface area contributed by atoms with Gasteiger partial charge in [-0.2, -0.15) is 0 Å². The molecular formula is C14H33N3S. The zero-order chi connectivity index (χ0) is 14.0. The van der Waals surface area contributed by atoms with E-state index in [4.69, 9.17) is 0 Å². The SMILES string of the molecule is CCN(C)CCCN(C)CCCN(SC)C(C)C. The highest BCUT2D eigenvalue weighted by molar-refractivity contribution is 7.96. The summed E-state index contributed by atoms with van der Waals surface area (Å²) in [4.78, 5) is 4.84. The van der Waals surface area contributed by atoms with E-state index in [1.165, 1.54) is 39.0 Å². The van der Waals surface area contributed by atoms with Crippen LogP contribution in [0.5, 0.6) is 0 Å². The monoisotopic (exact) mass is 275 g/mol. The van der Waals surface area contributed by atoms with E-state index < -0.39 is 0 Å². The summed E-state index contributed by atoms with van der Waals surface area (Å²) in [7, 11) is 4.43. The van der Waals surface area contributed by atoms with Gasteiger partial charge in [-0.15, -0.1) is 0 Å². The van der Waals surface area contributed by atoms with Gasteiger partial charge in [-0.25, -0.2) is 4.31 Å². The fourth-order valence-corrected chi connectivity index (χ4v) is 2.67. The summed E-state index contributed by atoms with van der Waals surface area (Å²) >= 11 is 1.86. The van der Waals surface area contributed by atoms with Gasteiger partial charge in [0.2, 0.25) is 0 Å². The molecule has 0 aromatic heterocycles. The fraction of sp³-hybridized carbons (Fsp3) is 1.00. The lowest BCUT2D eigenvalue weighted by Crippen LogP contribution is -2.30. The van der Waals surface area contributed by atoms with Gasteiger partial charge in [0.15, 0.2) is 0 Å². The van der Waals surface area contributed by atoms with Crippen molar-refractivity contribution in [1.82, 2.24) is 14.1 Å². The third kappa shape index (κ3) is 9.20. The number of hydrogen-bond donors (Lipinski definition) is 0. The lowest BCUT2D eigenvalue weighted by molar-refractivity contribution is 0.272. The molecule has 0 fully saturated rings. The van der Waals surface area contributed by atoms with Crippen LogP contribution in [-0.2, 0) is 0 Å². The summed E-state index contributed by atoms with van der Waals surface area (Å²) in [5.41, 5.74) is 0. The van der Waals surface area contributed by atoms with Crippen molar-refractivity contribution >= 4 is 11.9 Å². The predicted octanol–water partition coefficient (Wildman–Crippen LogP) is 2.64. The second-order valence-electron chi connectivity index (χ2n) is 5.32. The van der Waals surface area contributed by atoms with E-state index in [1.54, 1.807) is 0 Å². The Kier molecular flexibility index (Phi) is 11.2. The molecular weight excluding hydrogens is 242 g/mol. The van der Waals surface area contributed by atoms with E-state index in [1.807, 2.05) is 11.9 Å². The molecule has 0 saturated carbocycles. The van der Waals surface area contributed by atoms with Gasteiger partial charge in [0, 0.05) is 12.6 Å². The molecule has 4 heteroatoms. The molecule has 0 heterocycles. The third-order valence-electron chi connectivity index (χ3n) is 3.35. The molecule has 0 aromatic carbocycles. The quantitative estimate of drug-likeness (QED) is 0.536. The van der Waals surface area contributed by atoms with E-state index >= 15 is 0 Å². The molecule has 0 aliphatic heterocycles. The Bertz CT molecular complexity index is 188. The first kappa shape index (κ1) is 18.2. The van der Waals surface area contributed by atoms with Gasteiger partial charge in [0.05, 0.1) is 0 Å². The normalized spacial score (nSPS) is 12.3. The van der Waals surface area contributed by atoms with Crippen LogP contribution in [0, 0.1) is 0 Å². The first-order valence-corrected chi connectivity index (χ1v) is 8.37. The summed E-state index contributed by atoms with van der Waals surface area (Å²) < 4.78 is 2.46. The molecule has 0 amide bonds. The minimum absolute atomic E-state index is 0.642. The van der Waals surface area contributed by atoms with Crippen LogP contribution in [0.3, 0.4) is 0 Å². The minimum atomic E-state index is 0.642. The Hall–Kier alpha value is 0.230. The van der Waals surface area contributed by atoms with Crippen molar-refractivity contribution in [2.75, 3.05) is 53.1 Å². The molecule has 0 rings (SSSR count). The number of hydrogen-bond acceptors (Lipinski definition) is 4. The summed E-state index contributed by atoms with van der Waals surface area (Å²) in [6.45, 7) is 12.7. The number of rotatable bonds is 11. The molecule has 0 aliphatic carbocycles. The molecule has 110 valence electrons. The first-order chi connectivity index (χ1) is 8.51. The maximum Gasteiger partial charge on any atom is 0.0145 e. The largest absolute Gasteiger partial charge is 0.307 e. The molecule has 0 aromatic rings. The molecule has 0 saturated heterocycles. The maximum absolute atomic E-state index is 2.46. The topological polar surface area (TPSA) is 9.72 Å². The van der Waals surface area contributed by atoms with Gasteiger partial charge in [0.1, 0.15) is 0 Å². The summed E-state index contributed by atoms with van der Waals surface area (Å²) in [5, 5.41) is 0. The third-order valence-corrected chi connectivity index (χ3v) is 4.42. The van der Waals surface area contributed by atoms with Gasteiger partial charge in [-0.3, -0.25) is 0 Å². The minimum Gasteiger partial charge on any atom is -0.307 e. The fourth-order valence-electron chi connectivity index (χ4n) is 1.94. The average molecular weight is 276 g/mol. The standard InChI is InChI=1S/C14H33N3S/c1-7-15(4)10-8-11-16(5)12-9-13-17(18-6)14(2)3/h14H,7-13H2,1-6H3. The van der Waals surface area contributed by atoms with Crippen LogP contribution in [0.2, 0.25) is 0 Å². The van der Waals surface area contributed by atoms with Gasteiger partial charge in [0.25, 0.3) is 0 Å². The Labute approximate surface area is 119 Å². The van der Waals surface area contributed by atoms with Crippen LogP contribution >= 0.6 is 11.9 Å². The molecule has 3 nitrogen and oxygen atoms in total. The first-order valence-electron chi connectivity index (χ1n) is 7.19. The Balaban J connectivity index is 3.55. The lowest BCUT2D eigenvalue weighted by atomic mass is 10.3. The van der Waals surface area contributed by atoms with Crippen LogP contribution in [-0.4, -0.2) is 73.2 Å². The zero-order valence-corrected chi connectivity index (χ0v) is 14.1. The molecule has 0 radical (unpaired) electrons. The summed E-state index contributed by atoms with van der Waals surface area (Å²) in [6.07, 6.45) is 4.71. The smallest absolute Gasteiger partial charge is 0.0145 e. The van der Waals surface area contributed by atoms with Crippen molar-refractivity contribution in [2.24, 2.45) is 0 Å². The lowest BCUT2D eigenvalue weighted by Gasteiger charge is -2.25. The second kappa shape index (κ2) is 11.1. The van der Waals surface area contributed by atoms with Gasteiger partial charge in [-0.05, 0) is 73.2 Å². The maximum atomic E-state index is 2.46. The molecule has 0 bridgehead atoms. The van der Waals surface area contributed by atoms with Gasteiger partial charge >= 0.3 is 0 Å².